The van der Waals surface area contributed by atoms with E-state index in [1.54, 1.807) is 29.8 Å². The van der Waals surface area contributed by atoms with Crippen molar-refractivity contribution in [2.24, 2.45) is 0 Å². The molecule has 2 rings (SSSR count). The van der Waals surface area contributed by atoms with Crippen LogP contribution in [-0.2, 0) is 4.79 Å². The molecule has 0 unspecified atom stereocenters. The van der Waals surface area contributed by atoms with Crippen molar-refractivity contribution in [3.05, 3.63) is 53.3 Å². The summed E-state index contributed by atoms with van der Waals surface area (Å²) in [5.41, 5.74) is 0.765. The smallest absolute Gasteiger partial charge is 0.250 e. The van der Waals surface area contributed by atoms with Crippen LogP contribution in [0.1, 0.15) is 5.56 Å². The number of aromatic nitrogens is 1. The van der Waals surface area contributed by atoms with Crippen molar-refractivity contribution in [2.45, 2.75) is 0 Å². The van der Waals surface area contributed by atoms with Crippen LogP contribution in [0.3, 0.4) is 0 Å². The zero-order valence-electron chi connectivity index (χ0n) is 8.76. The lowest BCUT2D eigenvalue weighted by Crippen LogP contribution is -2.06. The molecule has 2 aromatic rings. The maximum atomic E-state index is 12.6. The van der Waals surface area contributed by atoms with Gasteiger partial charge in [0.15, 0.2) is 5.13 Å². The number of hydrogen-bond acceptors (Lipinski definition) is 3. The van der Waals surface area contributed by atoms with E-state index in [0.29, 0.717) is 5.13 Å². The van der Waals surface area contributed by atoms with E-state index in [0.717, 1.165) is 5.56 Å². The Morgan fingerprint density at radius 2 is 2.12 bits per heavy atom. The fourth-order valence-corrected chi connectivity index (χ4v) is 1.71. The van der Waals surface area contributed by atoms with Crippen LogP contribution in [-0.4, -0.2) is 10.9 Å². The minimum absolute atomic E-state index is 0.260. The highest BCUT2D eigenvalue weighted by molar-refractivity contribution is 7.13. The van der Waals surface area contributed by atoms with E-state index < -0.39 is 0 Å². The molecule has 1 aromatic heterocycles. The molecular formula is C12H9FN2OS. The SMILES string of the molecule is O=C(C=Cc1ccc(F)cc1)Nc1nccs1. The Hall–Kier alpha value is -2.01. The van der Waals surface area contributed by atoms with Gasteiger partial charge in [-0.05, 0) is 23.8 Å². The third-order valence-corrected chi connectivity index (χ3v) is 2.65. The third-order valence-electron chi connectivity index (χ3n) is 1.96. The highest BCUT2D eigenvalue weighted by Gasteiger charge is 1.98. The van der Waals surface area contributed by atoms with Crippen LogP contribution < -0.4 is 5.32 Å². The minimum Gasteiger partial charge on any atom is -0.298 e. The number of halogens is 1. The number of nitrogens with zero attached hydrogens (tertiary/aromatic N) is 1. The standard InChI is InChI=1S/C12H9FN2OS/c13-10-4-1-9(2-5-10)3-6-11(16)15-12-14-7-8-17-12/h1-8H,(H,14,15,16). The van der Waals surface area contributed by atoms with Crippen molar-refractivity contribution in [2.75, 3.05) is 5.32 Å². The number of nitrogens with one attached hydrogen (secondary N) is 1. The van der Waals surface area contributed by atoms with Crippen molar-refractivity contribution in [1.82, 2.24) is 4.98 Å². The summed E-state index contributed by atoms with van der Waals surface area (Å²) in [4.78, 5) is 15.4. The lowest BCUT2D eigenvalue weighted by molar-refractivity contribution is -0.111. The molecule has 1 N–H and O–H groups in total. The minimum atomic E-state index is -0.297. The summed E-state index contributed by atoms with van der Waals surface area (Å²) < 4.78 is 12.6. The third kappa shape index (κ3) is 3.49. The second-order valence-electron chi connectivity index (χ2n) is 3.21. The van der Waals surface area contributed by atoms with E-state index in [9.17, 15) is 9.18 Å². The maximum absolute atomic E-state index is 12.6. The molecule has 5 heteroatoms. The van der Waals surface area contributed by atoms with Gasteiger partial charge >= 0.3 is 0 Å². The first kappa shape index (κ1) is 11.5. The van der Waals surface area contributed by atoms with E-state index >= 15 is 0 Å². The van der Waals surface area contributed by atoms with Gasteiger partial charge in [-0.2, -0.15) is 0 Å². The molecule has 1 aromatic carbocycles. The number of amides is 1. The molecule has 3 nitrogen and oxygen atoms in total. The number of carbonyl (C=O) groups excluding carboxylic acids is 1. The van der Waals surface area contributed by atoms with Crippen LogP contribution in [0.4, 0.5) is 9.52 Å². The zero-order chi connectivity index (χ0) is 12.1. The quantitative estimate of drug-likeness (QED) is 0.848. The average molecular weight is 248 g/mol. The van der Waals surface area contributed by atoms with Gasteiger partial charge in [0.05, 0.1) is 0 Å². The molecule has 0 spiro atoms. The molecule has 0 saturated carbocycles. The molecule has 1 amide bonds. The van der Waals surface area contributed by atoms with Crippen LogP contribution in [0, 0.1) is 5.82 Å². The molecule has 0 aliphatic rings. The molecule has 0 saturated heterocycles. The number of rotatable bonds is 3. The van der Waals surface area contributed by atoms with Gasteiger partial charge in [-0.1, -0.05) is 12.1 Å². The highest BCUT2D eigenvalue weighted by Crippen LogP contribution is 2.10. The topological polar surface area (TPSA) is 42.0 Å². The Balaban J connectivity index is 1.96. The van der Waals surface area contributed by atoms with Gasteiger partial charge in [0.1, 0.15) is 5.82 Å². The summed E-state index contributed by atoms with van der Waals surface area (Å²) in [7, 11) is 0. The zero-order valence-corrected chi connectivity index (χ0v) is 9.58. The Morgan fingerprint density at radius 3 is 2.76 bits per heavy atom. The molecule has 0 bridgehead atoms. The molecule has 0 radical (unpaired) electrons. The van der Waals surface area contributed by atoms with Gasteiger partial charge in [0.2, 0.25) is 5.91 Å². The van der Waals surface area contributed by atoms with Crippen LogP contribution >= 0.6 is 11.3 Å². The lowest BCUT2D eigenvalue weighted by Gasteiger charge is -1.95. The molecule has 17 heavy (non-hydrogen) atoms. The van der Waals surface area contributed by atoms with Gasteiger partial charge in [0.25, 0.3) is 0 Å². The van der Waals surface area contributed by atoms with Gasteiger partial charge in [0, 0.05) is 17.7 Å². The normalized spacial score (nSPS) is 10.6. The van der Waals surface area contributed by atoms with Gasteiger partial charge in [-0.15, -0.1) is 11.3 Å². The Labute approximate surface area is 102 Å². The largest absolute Gasteiger partial charge is 0.298 e. The fraction of sp³-hybridized carbons (Fsp3) is 0. The second kappa shape index (κ2) is 5.36. The van der Waals surface area contributed by atoms with Crippen molar-refractivity contribution >= 4 is 28.5 Å². The van der Waals surface area contributed by atoms with Crippen molar-refractivity contribution in [3.63, 3.8) is 0 Å². The van der Waals surface area contributed by atoms with Crippen LogP contribution in [0.15, 0.2) is 41.9 Å². The average Bonchev–Trinajstić information content (AvgIpc) is 2.81. The number of anilines is 1. The first-order valence-electron chi connectivity index (χ1n) is 4.88. The molecule has 0 aliphatic heterocycles. The number of hydrogen-bond donors (Lipinski definition) is 1. The summed E-state index contributed by atoms with van der Waals surface area (Å²) in [6, 6.07) is 5.89. The van der Waals surface area contributed by atoms with E-state index in [2.05, 4.69) is 10.3 Å². The molecule has 0 atom stereocenters. The first-order chi connectivity index (χ1) is 8.24. The van der Waals surface area contributed by atoms with Crippen LogP contribution in [0.25, 0.3) is 6.08 Å². The van der Waals surface area contributed by atoms with Crippen molar-refractivity contribution in [1.29, 1.82) is 0 Å². The lowest BCUT2D eigenvalue weighted by atomic mass is 10.2. The van der Waals surface area contributed by atoms with E-state index in [1.807, 2.05) is 0 Å². The van der Waals surface area contributed by atoms with E-state index in [-0.39, 0.29) is 11.7 Å². The summed E-state index contributed by atoms with van der Waals surface area (Å²) in [5.74, 6) is -0.557. The van der Waals surface area contributed by atoms with Crippen molar-refractivity contribution in [3.8, 4) is 0 Å². The van der Waals surface area contributed by atoms with Crippen molar-refractivity contribution < 1.29 is 9.18 Å². The summed E-state index contributed by atoms with van der Waals surface area (Å²) in [6.07, 6.45) is 4.61. The Morgan fingerprint density at radius 1 is 1.35 bits per heavy atom. The Bertz CT molecular complexity index is 520. The van der Waals surface area contributed by atoms with E-state index in [1.165, 1.54) is 29.5 Å². The molecular weight excluding hydrogens is 239 g/mol. The Kier molecular flexibility index (Phi) is 3.62. The number of carbonyl (C=O) groups is 1. The molecule has 1 heterocycles. The summed E-state index contributed by atoms with van der Waals surface area (Å²) in [6.45, 7) is 0. The summed E-state index contributed by atoms with van der Waals surface area (Å²) in [5, 5.41) is 4.94. The van der Waals surface area contributed by atoms with E-state index in [4.69, 9.17) is 0 Å². The predicted octanol–water partition coefficient (Wildman–Crippen LogP) is 2.93. The summed E-state index contributed by atoms with van der Waals surface area (Å²) >= 11 is 1.35. The molecule has 86 valence electrons. The number of benzene rings is 1. The van der Waals surface area contributed by atoms with Gasteiger partial charge in [-0.3, -0.25) is 10.1 Å². The fourth-order valence-electron chi connectivity index (χ4n) is 1.18. The monoisotopic (exact) mass is 248 g/mol. The van der Waals surface area contributed by atoms with Crippen LogP contribution in [0.5, 0.6) is 0 Å². The maximum Gasteiger partial charge on any atom is 0.250 e. The molecule has 0 fully saturated rings. The van der Waals surface area contributed by atoms with Gasteiger partial charge in [-0.25, -0.2) is 9.37 Å². The first-order valence-corrected chi connectivity index (χ1v) is 5.76. The second-order valence-corrected chi connectivity index (χ2v) is 4.11. The highest BCUT2D eigenvalue weighted by atomic mass is 32.1. The molecule has 0 aliphatic carbocycles. The van der Waals surface area contributed by atoms with Crippen LogP contribution in [0.2, 0.25) is 0 Å². The number of thiazole rings is 1. The predicted molar refractivity (Wildman–Crippen MR) is 66.2 cm³/mol. The van der Waals surface area contributed by atoms with Gasteiger partial charge < -0.3 is 0 Å².